The number of alkyl halides is 5. The highest BCUT2D eigenvalue weighted by molar-refractivity contribution is 7.89. The molecule has 1 atom stereocenters. The Kier molecular flexibility index (Phi) is 3.53. The quantitative estimate of drug-likeness (QED) is 0.621. The van der Waals surface area contributed by atoms with Crippen LogP contribution in [0, 0.1) is 0 Å². The summed E-state index contributed by atoms with van der Waals surface area (Å²) < 4.78 is 90.1. The van der Waals surface area contributed by atoms with E-state index in [1.807, 2.05) is 0 Å². The molecule has 20 heavy (non-hydrogen) atoms. The first kappa shape index (κ1) is 15.2. The molecule has 0 spiro atoms. The van der Waals surface area contributed by atoms with E-state index >= 15 is 0 Å². The van der Waals surface area contributed by atoms with E-state index < -0.39 is 50.3 Å². The highest BCUT2D eigenvalue weighted by Gasteiger charge is 2.70. The minimum atomic E-state index is -5.11. The Morgan fingerprint density at radius 1 is 1.10 bits per heavy atom. The number of piperidine rings is 1. The lowest BCUT2D eigenvalue weighted by atomic mass is 10.1. The Morgan fingerprint density at radius 3 is 2.20 bits per heavy atom. The number of hydrogen-bond acceptors (Lipinski definition) is 2. The van der Waals surface area contributed by atoms with Crippen molar-refractivity contribution in [3.8, 4) is 0 Å². The summed E-state index contributed by atoms with van der Waals surface area (Å²) >= 11 is 0. The Bertz CT molecular complexity index is 590. The molecule has 0 aliphatic carbocycles. The van der Waals surface area contributed by atoms with Crippen LogP contribution in [-0.2, 0) is 10.0 Å². The van der Waals surface area contributed by atoms with Crippen LogP contribution >= 0.6 is 0 Å². The fraction of sp³-hybridized carbons (Fsp3) is 0.455. The molecule has 1 aromatic rings. The zero-order chi connectivity index (χ0) is 15.2. The SMILES string of the molecule is O=S(=O)(c1ccccc1)N1CCC(F)C(F)(F)C1(F)F. The Hall–Kier alpha value is -1.22. The summed E-state index contributed by atoms with van der Waals surface area (Å²) in [6, 6.07) is 0.880. The fourth-order valence-corrected chi connectivity index (χ4v) is 3.42. The van der Waals surface area contributed by atoms with Crippen LogP contribution in [0.15, 0.2) is 35.2 Å². The minimum Gasteiger partial charge on any atom is -0.240 e. The van der Waals surface area contributed by atoms with Crippen LogP contribution < -0.4 is 0 Å². The fourth-order valence-electron chi connectivity index (χ4n) is 1.90. The molecule has 1 unspecified atom stereocenters. The van der Waals surface area contributed by atoms with Gasteiger partial charge in [-0.15, -0.1) is 4.31 Å². The molecule has 0 N–H and O–H groups in total. The van der Waals surface area contributed by atoms with Crippen molar-refractivity contribution in [3.63, 3.8) is 0 Å². The van der Waals surface area contributed by atoms with Crippen LogP contribution in [0.2, 0.25) is 0 Å². The average Bonchev–Trinajstić information content (AvgIpc) is 2.37. The molecule has 0 bridgehead atoms. The molecule has 9 heteroatoms. The Morgan fingerprint density at radius 2 is 1.65 bits per heavy atom. The molecular weight excluding hydrogens is 305 g/mol. The van der Waals surface area contributed by atoms with Gasteiger partial charge in [0, 0.05) is 6.54 Å². The highest BCUT2D eigenvalue weighted by Crippen LogP contribution is 2.47. The van der Waals surface area contributed by atoms with E-state index in [1.165, 1.54) is 18.2 Å². The van der Waals surface area contributed by atoms with E-state index in [-0.39, 0.29) is 0 Å². The summed E-state index contributed by atoms with van der Waals surface area (Å²) in [6.07, 6.45) is -4.08. The van der Waals surface area contributed by atoms with Gasteiger partial charge in [0.25, 0.3) is 0 Å². The normalized spacial score (nSPS) is 26.4. The van der Waals surface area contributed by atoms with Crippen LogP contribution in [0.5, 0.6) is 0 Å². The second kappa shape index (κ2) is 4.66. The van der Waals surface area contributed by atoms with Gasteiger partial charge in [0.05, 0.1) is 4.90 Å². The molecule has 0 amide bonds. The smallest absolute Gasteiger partial charge is 0.240 e. The van der Waals surface area contributed by atoms with Crippen LogP contribution in [0.1, 0.15) is 6.42 Å². The van der Waals surface area contributed by atoms with Gasteiger partial charge in [0.2, 0.25) is 10.0 Å². The van der Waals surface area contributed by atoms with Gasteiger partial charge in [-0.3, -0.25) is 0 Å². The van der Waals surface area contributed by atoms with E-state index in [1.54, 1.807) is 0 Å². The van der Waals surface area contributed by atoms with Gasteiger partial charge < -0.3 is 0 Å². The van der Waals surface area contributed by atoms with Crippen molar-refractivity contribution in [2.45, 2.75) is 29.5 Å². The first-order chi connectivity index (χ1) is 9.12. The molecule has 0 radical (unpaired) electrons. The maximum atomic E-state index is 13.6. The molecule has 112 valence electrons. The monoisotopic (exact) mass is 315 g/mol. The summed E-state index contributed by atoms with van der Waals surface area (Å²) in [6.45, 7) is -1.01. The van der Waals surface area contributed by atoms with Crippen LogP contribution in [0.4, 0.5) is 22.0 Å². The van der Waals surface area contributed by atoms with Crippen molar-refractivity contribution in [1.82, 2.24) is 4.31 Å². The topological polar surface area (TPSA) is 37.4 Å². The number of benzene rings is 1. The summed E-state index contributed by atoms with van der Waals surface area (Å²) in [5, 5.41) is 0. The second-order valence-electron chi connectivity index (χ2n) is 4.31. The predicted octanol–water partition coefficient (Wildman–Crippen LogP) is 2.65. The maximum Gasteiger partial charge on any atom is 0.383 e. The van der Waals surface area contributed by atoms with E-state index in [2.05, 4.69) is 0 Å². The lowest BCUT2D eigenvalue weighted by Crippen LogP contribution is -2.64. The molecule has 3 nitrogen and oxygen atoms in total. The lowest BCUT2D eigenvalue weighted by molar-refractivity contribution is -0.302. The summed E-state index contributed by atoms with van der Waals surface area (Å²) in [7, 11) is -4.83. The maximum absolute atomic E-state index is 13.6. The van der Waals surface area contributed by atoms with Gasteiger partial charge in [0.15, 0.2) is 6.17 Å². The van der Waals surface area contributed by atoms with Gasteiger partial charge in [-0.1, -0.05) is 18.2 Å². The molecule has 1 saturated heterocycles. The first-order valence-corrected chi connectivity index (χ1v) is 7.03. The molecule has 1 heterocycles. The van der Waals surface area contributed by atoms with Crippen molar-refractivity contribution in [3.05, 3.63) is 30.3 Å². The number of sulfonamides is 1. The standard InChI is InChI=1S/C11H10F5NO2S/c12-9-6-7-17(11(15,16)10(9,13)14)20(18,19)8-4-2-1-3-5-8/h1-5,9H,6-7H2. The van der Waals surface area contributed by atoms with Crippen molar-refractivity contribution in [1.29, 1.82) is 0 Å². The summed E-state index contributed by atoms with van der Waals surface area (Å²) in [4.78, 5) is -0.548. The van der Waals surface area contributed by atoms with E-state index in [0.29, 0.717) is 0 Å². The van der Waals surface area contributed by atoms with Crippen molar-refractivity contribution >= 4 is 10.0 Å². The third-order valence-electron chi connectivity index (χ3n) is 3.02. The molecule has 1 aromatic carbocycles. The van der Waals surface area contributed by atoms with Crippen LogP contribution in [0.3, 0.4) is 0 Å². The van der Waals surface area contributed by atoms with E-state index in [9.17, 15) is 30.4 Å². The predicted molar refractivity (Wildman–Crippen MR) is 59.7 cm³/mol. The number of nitrogens with zero attached hydrogens (tertiary/aromatic N) is 1. The first-order valence-electron chi connectivity index (χ1n) is 5.59. The number of hydrogen-bond donors (Lipinski definition) is 0. The van der Waals surface area contributed by atoms with Crippen molar-refractivity contribution in [2.24, 2.45) is 0 Å². The van der Waals surface area contributed by atoms with E-state index in [4.69, 9.17) is 0 Å². The van der Waals surface area contributed by atoms with Gasteiger partial charge in [-0.05, 0) is 18.6 Å². The number of halogens is 5. The zero-order valence-electron chi connectivity index (χ0n) is 9.94. The summed E-state index contributed by atoms with van der Waals surface area (Å²) in [5.41, 5.74) is 0. The molecule has 1 aliphatic heterocycles. The largest absolute Gasteiger partial charge is 0.383 e. The third kappa shape index (κ3) is 2.08. The van der Waals surface area contributed by atoms with Gasteiger partial charge >= 0.3 is 12.0 Å². The molecule has 0 saturated carbocycles. The minimum absolute atomic E-state index is 0.548. The Labute approximate surface area is 112 Å². The highest BCUT2D eigenvalue weighted by atomic mass is 32.2. The average molecular weight is 315 g/mol. The van der Waals surface area contributed by atoms with Crippen molar-refractivity contribution < 1.29 is 30.4 Å². The van der Waals surface area contributed by atoms with E-state index in [0.717, 1.165) is 12.1 Å². The van der Waals surface area contributed by atoms with Crippen molar-refractivity contribution in [2.75, 3.05) is 6.54 Å². The summed E-state index contributed by atoms with van der Waals surface area (Å²) in [5.74, 6) is -5.06. The third-order valence-corrected chi connectivity index (χ3v) is 4.88. The van der Waals surface area contributed by atoms with Gasteiger partial charge in [-0.25, -0.2) is 12.8 Å². The van der Waals surface area contributed by atoms with Gasteiger partial charge in [-0.2, -0.15) is 17.6 Å². The van der Waals surface area contributed by atoms with Crippen LogP contribution in [0.25, 0.3) is 0 Å². The molecule has 1 aliphatic rings. The molecule has 2 rings (SSSR count). The number of rotatable bonds is 2. The molecule has 0 aromatic heterocycles. The Balaban J connectivity index is 2.48. The zero-order valence-corrected chi connectivity index (χ0v) is 10.8. The lowest BCUT2D eigenvalue weighted by Gasteiger charge is -2.40. The second-order valence-corrected chi connectivity index (χ2v) is 6.17. The molecule has 1 fully saturated rings. The van der Waals surface area contributed by atoms with Gasteiger partial charge in [0.1, 0.15) is 0 Å². The molecular formula is C11H10F5NO2S. The van der Waals surface area contributed by atoms with Crippen LogP contribution in [-0.4, -0.2) is 37.4 Å².